The molecule has 0 amide bonds. The Morgan fingerprint density at radius 2 is 2.20 bits per heavy atom. The molecule has 4 heteroatoms. The molecular formula is C6H8O4. The van der Waals surface area contributed by atoms with Crippen molar-refractivity contribution in [3.8, 4) is 0 Å². The lowest BCUT2D eigenvalue weighted by Crippen LogP contribution is -2.08. The van der Waals surface area contributed by atoms with Crippen LogP contribution in [0, 0.1) is 0 Å². The first kappa shape index (κ1) is 9.00. The smallest absolute Gasteiger partial charge is 0.217 e. The summed E-state index contributed by atoms with van der Waals surface area (Å²) in [6.45, 7) is -0.456. The number of aldehydes is 1. The summed E-state index contributed by atoms with van der Waals surface area (Å²) >= 11 is 0. The van der Waals surface area contributed by atoms with E-state index in [0.717, 1.165) is 12.2 Å². The second-order valence-electron chi connectivity index (χ2n) is 1.63. The number of ketones is 1. The second kappa shape index (κ2) is 4.84. The summed E-state index contributed by atoms with van der Waals surface area (Å²) in [6, 6.07) is 0. The van der Waals surface area contributed by atoms with Crippen molar-refractivity contribution < 1.29 is 19.8 Å². The second-order valence-corrected chi connectivity index (χ2v) is 1.63. The number of hydrogen-bond donors (Lipinski definition) is 2. The third-order valence-electron chi connectivity index (χ3n) is 0.786. The number of allylic oxidation sites excluding steroid dienone is 1. The van der Waals surface area contributed by atoms with Crippen molar-refractivity contribution in [1.82, 2.24) is 0 Å². The molecular weight excluding hydrogens is 136 g/mol. The van der Waals surface area contributed by atoms with Crippen molar-refractivity contribution in [2.45, 2.75) is 6.10 Å². The standard InChI is InChI=1S/C6H8O4/c7-3-5(9)1-2-6(10)4-8/h1-3,6,8,10H,4H2/b2-1-/t6-/m0/s1. The van der Waals surface area contributed by atoms with Crippen molar-refractivity contribution in [3.05, 3.63) is 12.2 Å². The Hall–Kier alpha value is -1.00. The van der Waals surface area contributed by atoms with Gasteiger partial charge in [0.25, 0.3) is 0 Å². The first-order chi connectivity index (χ1) is 4.70. The zero-order chi connectivity index (χ0) is 7.98. The highest BCUT2D eigenvalue weighted by Gasteiger charge is 1.95. The highest BCUT2D eigenvalue weighted by Crippen LogP contribution is 1.82. The minimum Gasteiger partial charge on any atom is -0.393 e. The Balaban J connectivity index is 3.74. The molecule has 0 unspecified atom stereocenters. The number of carbonyl (C=O) groups excluding carboxylic acids is 2. The minimum absolute atomic E-state index is 0.126. The van der Waals surface area contributed by atoms with Gasteiger partial charge in [0.2, 0.25) is 5.78 Å². The van der Waals surface area contributed by atoms with Crippen molar-refractivity contribution in [2.24, 2.45) is 0 Å². The van der Waals surface area contributed by atoms with Gasteiger partial charge in [-0.3, -0.25) is 9.59 Å². The topological polar surface area (TPSA) is 74.6 Å². The Morgan fingerprint density at radius 1 is 1.60 bits per heavy atom. The monoisotopic (exact) mass is 144 g/mol. The van der Waals surface area contributed by atoms with Gasteiger partial charge in [-0.1, -0.05) is 0 Å². The average Bonchev–Trinajstić information content (AvgIpc) is 1.99. The maximum Gasteiger partial charge on any atom is 0.217 e. The number of aliphatic hydroxyl groups excluding tert-OH is 2. The molecule has 1 atom stereocenters. The highest BCUT2D eigenvalue weighted by atomic mass is 16.3. The van der Waals surface area contributed by atoms with Crippen LogP contribution in [0.1, 0.15) is 0 Å². The Labute approximate surface area is 57.8 Å². The van der Waals surface area contributed by atoms with Crippen molar-refractivity contribution in [1.29, 1.82) is 0 Å². The molecule has 56 valence electrons. The molecule has 0 fully saturated rings. The maximum absolute atomic E-state index is 10.2. The highest BCUT2D eigenvalue weighted by molar-refractivity contribution is 6.30. The molecule has 10 heavy (non-hydrogen) atoms. The molecule has 0 aliphatic heterocycles. The lowest BCUT2D eigenvalue weighted by Gasteiger charge is -1.95. The van der Waals surface area contributed by atoms with E-state index in [1.807, 2.05) is 0 Å². The van der Waals surface area contributed by atoms with E-state index < -0.39 is 18.5 Å². The molecule has 0 aliphatic rings. The quantitative estimate of drug-likeness (QED) is 0.291. The molecule has 0 spiro atoms. The molecule has 0 rings (SSSR count). The fraction of sp³-hybridized carbons (Fsp3) is 0.333. The Bertz CT molecular complexity index is 150. The van der Waals surface area contributed by atoms with Crippen molar-refractivity contribution in [3.63, 3.8) is 0 Å². The minimum atomic E-state index is -1.07. The zero-order valence-electron chi connectivity index (χ0n) is 5.23. The largest absolute Gasteiger partial charge is 0.393 e. The molecule has 2 N–H and O–H groups in total. The van der Waals surface area contributed by atoms with E-state index >= 15 is 0 Å². The number of aliphatic hydroxyl groups is 2. The van der Waals surface area contributed by atoms with E-state index in [4.69, 9.17) is 10.2 Å². The first-order valence-corrected chi connectivity index (χ1v) is 2.67. The van der Waals surface area contributed by atoms with Gasteiger partial charge in [-0.05, 0) is 12.2 Å². The van der Waals surface area contributed by atoms with Gasteiger partial charge in [0.05, 0.1) is 12.7 Å². The van der Waals surface area contributed by atoms with Gasteiger partial charge in [0.1, 0.15) is 0 Å². The SMILES string of the molecule is O=CC(=O)/C=C\[C@H](O)CO. The van der Waals surface area contributed by atoms with E-state index in [9.17, 15) is 9.59 Å². The predicted molar refractivity (Wildman–Crippen MR) is 33.3 cm³/mol. The van der Waals surface area contributed by atoms with Gasteiger partial charge >= 0.3 is 0 Å². The number of rotatable bonds is 4. The fourth-order valence-corrected chi connectivity index (χ4v) is 0.306. The van der Waals surface area contributed by atoms with Crippen LogP contribution in [0.5, 0.6) is 0 Å². The van der Waals surface area contributed by atoms with Gasteiger partial charge < -0.3 is 10.2 Å². The fourth-order valence-electron chi connectivity index (χ4n) is 0.306. The normalized spacial score (nSPS) is 13.4. The molecule has 0 aromatic heterocycles. The molecule has 0 radical (unpaired) electrons. The maximum atomic E-state index is 10.2. The molecule has 0 bridgehead atoms. The molecule has 0 aromatic carbocycles. The lowest BCUT2D eigenvalue weighted by atomic mass is 10.3. The van der Waals surface area contributed by atoms with Crippen LogP contribution in [0.2, 0.25) is 0 Å². The third kappa shape index (κ3) is 3.94. The number of carbonyl (C=O) groups is 2. The van der Waals surface area contributed by atoms with Crippen LogP contribution in [-0.2, 0) is 9.59 Å². The van der Waals surface area contributed by atoms with E-state index in [2.05, 4.69) is 0 Å². The zero-order valence-corrected chi connectivity index (χ0v) is 5.23. The Kier molecular flexibility index (Phi) is 4.36. The van der Waals surface area contributed by atoms with Crippen LogP contribution in [0.25, 0.3) is 0 Å². The Morgan fingerprint density at radius 3 is 2.60 bits per heavy atom. The third-order valence-corrected chi connectivity index (χ3v) is 0.786. The first-order valence-electron chi connectivity index (χ1n) is 2.67. The van der Waals surface area contributed by atoms with Crippen LogP contribution in [0.3, 0.4) is 0 Å². The van der Waals surface area contributed by atoms with Gasteiger partial charge in [0.15, 0.2) is 6.29 Å². The van der Waals surface area contributed by atoms with Crippen LogP contribution < -0.4 is 0 Å². The average molecular weight is 144 g/mol. The van der Waals surface area contributed by atoms with Gasteiger partial charge in [0, 0.05) is 0 Å². The summed E-state index contributed by atoms with van der Waals surface area (Å²) in [5.74, 6) is -0.729. The van der Waals surface area contributed by atoms with Gasteiger partial charge in [-0.2, -0.15) is 0 Å². The summed E-state index contributed by atoms with van der Waals surface area (Å²) in [7, 11) is 0. The summed E-state index contributed by atoms with van der Waals surface area (Å²) in [6.07, 6.45) is 1.02. The summed E-state index contributed by atoms with van der Waals surface area (Å²) in [5.41, 5.74) is 0. The van der Waals surface area contributed by atoms with Crippen molar-refractivity contribution in [2.75, 3.05) is 6.61 Å². The van der Waals surface area contributed by atoms with E-state index in [-0.39, 0.29) is 6.29 Å². The molecule has 0 aromatic rings. The van der Waals surface area contributed by atoms with E-state index in [1.54, 1.807) is 0 Å². The van der Waals surface area contributed by atoms with Crippen molar-refractivity contribution >= 4 is 12.1 Å². The summed E-state index contributed by atoms with van der Waals surface area (Å²) in [4.78, 5) is 19.8. The molecule has 0 aliphatic carbocycles. The van der Waals surface area contributed by atoms with E-state index in [0.29, 0.717) is 0 Å². The van der Waals surface area contributed by atoms with Gasteiger partial charge in [-0.25, -0.2) is 0 Å². The van der Waals surface area contributed by atoms with Crippen LogP contribution in [0.15, 0.2) is 12.2 Å². The summed E-state index contributed by atoms with van der Waals surface area (Å²) < 4.78 is 0. The number of hydrogen-bond acceptors (Lipinski definition) is 4. The van der Waals surface area contributed by atoms with Gasteiger partial charge in [-0.15, -0.1) is 0 Å². The molecule has 4 nitrogen and oxygen atoms in total. The van der Waals surface area contributed by atoms with Crippen LogP contribution in [0.4, 0.5) is 0 Å². The molecule has 0 saturated heterocycles. The van der Waals surface area contributed by atoms with E-state index in [1.165, 1.54) is 0 Å². The summed E-state index contributed by atoms with van der Waals surface area (Å²) in [5, 5.41) is 16.8. The predicted octanol–water partition coefficient (Wildman–Crippen LogP) is -1.34. The van der Waals surface area contributed by atoms with Crippen LogP contribution >= 0.6 is 0 Å². The van der Waals surface area contributed by atoms with Crippen LogP contribution in [-0.4, -0.2) is 35.0 Å². The lowest BCUT2D eigenvalue weighted by molar-refractivity contribution is -0.126. The molecule has 0 saturated carbocycles. The molecule has 0 heterocycles.